The van der Waals surface area contributed by atoms with Crippen molar-refractivity contribution in [1.29, 1.82) is 0 Å². The molecule has 2 N–H and O–H groups in total. The summed E-state index contributed by atoms with van der Waals surface area (Å²) in [7, 11) is 0. The van der Waals surface area contributed by atoms with Crippen molar-refractivity contribution in [1.82, 2.24) is 9.55 Å². The molecule has 1 fully saturated rings. The van der Waals surface area contributed by atoms with Gasteiger partial charge in [0.2, 0.25) is 5.95 Å². The first-order chi connectivity index (χ1) is 9.66. The van der Waals surface area contributed by atoms with Gasteiger partial charge in [-0.3, -0.25) is 0 Å². The van der Waals surface area contributed by atoms with E-state index in [-0.39, 0.29) is 6.10 Å². The molecule has 1 aliphatic heterocycles. The minimum Gasteiger partial charge on any atom is -0.489 e. The van der Waals surface area contributed by atoms with Crippen molar-refractivity contribution in [3.05, 3.63) is 18.2 Å². The van der Waals surface area contributed by atoms with Gasteiger partial charge >= 0.3 is 0 Å². The number of para-hydroxylation sites is 1. The van der Waals surface area contributed by atoms with Crippen LogP contribution in [-0.2, 0) is 0 Å². The number of anilines is 1. The fourth-order valence-corrected chi connectivity index (χ4v) is 3.87. The van der Waals surface area contributed by atoms with E-state index in [2.05, 4.69) is 15.6 Å². The predicted octanol–water partition coefficient (Wildman–Crippen LogP) is 3.47. The number of ether oxygens (including phenoxy) is 1. The molecule has 0 amide bonds. The molecule has 0 saturated carbocycles. The number of hydrogen-bond donors (Lipinski definition) is 1. The first kappa shape index (κ1) is 13.6. The van der Waals surface area contributed by atoms with E-state index >= 15 is 0 Å². The maximum atomic E-state index is 6.17. The lowest BCUT2D eigenvalue weighted by Crippen LogP contribution is -2.17. The van der Waals surface area contributed by atoms with Crippen LogP contribution >= 0.6 is 11.8 Å². The summed E-state index contributed by atoms with van der Waals surface area (Å²) in [6.45, 7) is 4.05. The molecule has 0 bridgehead atoms. The summed E-state index contributed by atoms with van der Waals surface area (Å²) in [5.74, 6) is 3.84. The lowest BCUT2D eigenvalue weighted by atomic mass is 10.1. The van der Waals surface area contributed by atoms with Crippen LogP contribution < -0.4 is 10.5 Å². The highest BCUT2D eigenvalue weighted by atomic mass is 32.2. The Morgan fingerprint density at radius 3 is 2.80 bits per heavy atom. The van der Waals surface area contributed by atoms with Crippen LogP contribution in [0.1, 0.15) is 32.7 Å². The summed E-state index contributed by atoms with van der Waals surface area (Å²) in [6, 6.07) is 6.55. The largest absolute Gasteiger partial charge is 0.489 e. The van der Waals surface area contributed by atoms with Crippen LogP contribution in [0.25, 0.3) is 11.0 Å². The Labute approximate surface area is 123 Å². The quantitative estimate of drug-likeness (QED) is 0.940. The molecule has 20 heavy (non-hydrogen) atoms. The zero-order valence-corrected chi connectivity index (χ0v) is 12.8. The molecule has 0 spiro atoms. The molecule has 5 heteroatoms. The topological polar surface area (TPSA) is 53.1 Å². The molecule has 3 rings (SSSR count). The molecular weight excluding hydrogens is 270 g/mol. The number of aromatic nitrogens is 2. The third kappa shape index (κ3) is 2.46. The highest BCUT2D eigenvalue weighted by Gasteiger charge is 2.21. The Kier molecular flexibility index (Phi) is 3.78. The van der Waals surface area contributed by atoms with Gasteiger partial charge in [0.25, 0.3) is 0 Å². The van der Waals surface area contributed by atoms with E-state index in [0.29, 0.717) is 12.0 Å². The van der Waals surface area contributed by atoms with Crippen molar-refractivity contribution in [3.63, 3.8) is 0 Å². The molecule has 2 heterocycles. The second-order valence-electron chi connectivity index (χ2n) is 5.47. The number of nitrogen functional groups attached to an aromatic ring is 1. The number of nitrogens with zero attached hydrogens (tertiary/aromatic N) is 2. The Balaban J connectivity index is 2.06. The molecule has 0 atom stereocenters. The maximum absolute atomic E-state index is 6.17. The zero-order chi connectivity index (χ0) is 14.1. The molecule has 0 radical (unpaired) electrons. The van der Waals surface area contributed by atoms with Gasteiger partial charge in [0.1, 0.15) is 11.3 Å². The number of benzene rings is 1. The molecule has 0 unspecified atom stereocenters. The van der Waals surface area contributed by atoms with Gasteiger partial charge in [-0.1, -0.05) is 6.07 Å². The second-order valence-corrected chi connectivity index (χ2v) is 6.70. The zero-order valence-electron chi connectivity index (χ0n) is 12.0. The van der Waals surface area contributed by atoms with E-state index in [1.54, 1.807) is 0 Å². The Morgan fingerprint density at radius 2 is 2.10 bits per heavy atom. The average molecular weight is 291 g/mol. The molecule has 108 valence electrons. The molecule has 1 aromatic heterocycles. The molecule has 2 aromatic rings. The van der Waals surface area contributed by atoms with Crippen LogP contribution in [0.15, 0.2) is 18.2 Å². The van der Waals surface area contributed by atoms with Gasteiger partial charge in [0.05, 0.1) is 11.6 Å². The normalized spacial score (nSPS) is 16.9. The number of hydrogen-bond acceptors (Lipinski definition) is 4. The average Bonchev–Trinajstić information content (AvgIpc) is 2.76. The third-order valence-corrected chi connectivity index (χ3v) is 4.68. The van der Waals surface area contributed by atoms with Crippen molar-refractivity contribution < 1.29 is 4.74 Å². The van der Waals surface area contributed by atoms with E-state index in [1.807, 2.05) is 37.7 Å². The van der Waals surface area contributed by atoms with Gasteiger partial charge in [-0.25, -0.2) is 4.98 Å². The molecule has 1 aliphatic rings. The van der Waals surface area contributed by atoms with Crippen molar-refractivity contribution in [2.45, 2.75) is 38.8 Å². The van der Waals surface area contributed by atoms with Crippen LogP contribution in [0.3, 0.4) is 0 Å². The number of imidazole rings is 1. The Morgan fingerprint density at radius 1 is 1.35 bits per heavy atom. The molecule has 1 saturated heterocycles. The van der Waals surface area contributed by atoms with Gasteiger partial charge in [0, 0.05) is 6.04 Å². The summed E-state index contributed by atoms with van der Waals surface area (Å²) in [5.41, 5.74) is 8.15. The van der Waals surface area contributed by atoms with Gasteiger partial charge in [-0.05, 0) is 50.3 Å². The maximum Gasteiger partial charge on any atom is 0.201 e. The van der Waals surface area contributed by atoms with Crippen LogP contribution in [0.2, 0.25) is 0 Å². The second kappa shape index (κ2) is 5.56. The monoisotopic (exact) mass is 291 g/mol. The van der Waals surface area contributed by atoms with Crippen LogP contribution in [-0.4, -0.2) is 27.2 Å². The lowest BCUT2D eigenvalue weighted by molar-refractivity contribution is 0.245. The fourth-order valence-electron chi connectivity index (χ4n) is 2.79. The lowest BCUT2D eigenvalue weighted by Gasteiger charge is -2.24. The fraction of sp³-hybridized carbons (Fsp3) is 0.533. The summed E-state index contributed by atoms with van der Waals surface area (Å²) in [6.07, 6.45) is 2.46. The van der Waals surface area contributed by atoms with E-state index in [9.17, 15) is 0 Å². The smallest absolute Gasteiger partial charge is 0.201 e. The first-order valence-corrected chi connectivity index (χ1v) is 8.33. The molecule has 0 aliphatic carbocycles. The minimum absolute atomic E-state index is 0.137. The van der Waals surface area contributed by atoms with E-state index in [1.165, 1.54) is 11.5 Å². The van der Waals surface area contributed by atoms with Gasteiger partial charge in [-0.15, -0.1) is 0 Å². The number of nitrogens with two attached hydrogens (primary N) is 1. The van der Waals surface area contributed by atoms with Gasteiger partial charge in [-0.2, -0.15) is 11.8 Å². The van der Waals surface area contributed by atoms with Crippen molar-refractivity contribution in [3.8, 4) is 5.75 Å². The summed E-state index contributed by atoms with van der Waals surface area (Å²) >= 11 is 2.02. The number of thioether (sulfide) groups is 1. The van der Waals surface area contributed by atoms with Crippen LogP contribution in [0.4, 0.5) is 5.95 Å². The molecular formula is C15H21N3OS. The highest BCUT2D eigenvalue weighted by molar-refractivity contribution is 7.99. The van der Waals surface area contributed by atoms with Gasteiger partial charge in [0.15, 0.2) is 0 Å². The van der Waals surface area contributed by atoms with Crippen LogP contribution in [0, 0.1) is 0 Å². The molecule has 4 nitrogen and oxygen atoms in total. The first-order valence-electron chi connectivity index (χ1n) is 7.17. The summed E-state index contributed by atoms with van der Waals surface area (Å²) < 4.78 is 8.04. The minimum atomic E-state index is 0.137. The van der Waals surface area contributed by atoms with E-state index in [0.717, 1.165) is 29.6 Å². The van der Waals surface area contributed by atoms with Gasteiger partial charge < -0.3 is 15.0 Å². The third-order valence-electron chi connectivity index (χ3n) is 3.63. The highest BCUT2D eigenvalue weighted by Crippen LogP contribution is 2.35. The Hall–Kier alpha value is -1.36. The van der Waals surface area contributed by atoms with Crippen molar-refractivity contribution >= 4 is 28.7 Å². The van der Waals surface area contributed by atoms with E-state index < -0.39 is 0 Å². The Bertz CT molecular complexity index is 602. The number of fused-ring (bicyclic) bond motifs is 1. The van der Waals surface area contributed by atoms with E-state index in [4.69, 9.17) is 10.5 Å². The summed E-state index contributed by atoms with van der Waals surface area (Å²) in [4.78, 5) is 4.55. The standard InChI is InChI=1S/C15H21N3OS/c1-10(2)19-13-5-3-4-12-14(13)17-15(16)18(12)11-6-8-20-9-7-11/h3-5,10-11H,6-9H2,1-2H3,(H2,16,17). The number of rotatable bonds is 3. The van der Waals surface area contributed by atoms with Crippen molar-refractivity contribution in [2.24, 2.45) is 0 Å². The summed E-state index contributed by atoms with van der Waals surface area (Å²) in [5, 5.41) is 0. The molecule has 1 aromatic carbocycles. The predicted molar refractivity (Wildman–Crippen MR) is 85.5 cm³/mol. The van der Waals surface area contributed by atoms with Crippen molar-refractivity contribution in [2.75, 3.05) is 17.2 Å². The SMILES string of the molecule is CC(C)Oc1cccc2c1nc(N)n2C1CCSCC1. The van der Waals surface area contributed by atoms with Crippen LogP contribution in [0.5, 0.6) is 5.75 Å².